The highest BCUT2D eigenvalue weighted by Gasteiger charge is 2.27. The van der Waals surface area contributed by atoms with Crippen LogP contribution >= 0.6 is 11.3 Å². The van der Waals surface area contributed by atoms with Crippen LogP contribution < -0.4 is 10.6 Å². The summed E-state index contributed by atoms with van der Waals surface area (Å²) in [5.74, 6) is 0.709. The van der Waals surface area contributed by atoms with Crippen LogP contribution in [-0.2, 0) is 21.3 Å². The molecule has 0 aromatic carbocycles. The Bertz CT molecular complexity index is 667. The van der Waals surface area contributed by atoms with E-state index in [1.54, 1.807) is 10.4 Å². The Morgan fingerprint density at radius 1 is 1.23 bits per heavy atom. The maximum absolute atomic E-state index is 12.7. The summed E-state index contributed by atoms with van der Waals surface area (Å²) in [6, 6.07) is 3.56. The van der Waals surface area contributed by atoms with Crippen LogP contribution in [0.5, 0.6) is 0 Å². The van der Waals surface area contributed by atoms with Crippen molar-refractivity contribution in [3.05, 3.63) is 17.0 Å². The maximum atomic E-state index is 12.7. The third-order valence-corrected chi connectivity index (χ3v) is 7.46. The van der Waals surface area contributed by atoms with Gasteiger partial charge in [-0.15, -0.1) is 11.3 Å². The lowest BCUT2D eigenvalue weighted by Crippen LogP contribution is -2.38. The Morgan fingerprint density at radius 2 is 2.00 bits per heavy atom. The molecule has 0 radical (unpaired) electrons. The monoisotopic (exact) mass is 402 g/mol. The third kappa shape index (κ3) is 6.22. The number of hydrogen-bond acceptors (Lipinski definition) is 5. The zero-order valence-electron chi connectivity index (χ0n) is 15.7. The van der Waals surface area contributed by atoms with Gasteiger partial charge >= 0.3 is 0 Å². The molecule has 1 fully saturated rings. The standard InChI is InChI=1S/C17H30N4O3S2/c1-3-18-17(19-10-13-24-4-2)20-14-15-8-9-16(25-15)26(22,23)21-11-6-5-7-12-21/h8-9H,3-7,10-14H2,1-2H3,(H2,18,19,20). The molecule has 7 nitrogen and oxygen atoms in total. The molecule has 1 aromatic heterocycles. The van der Waals surface area contributed by atoms with E-state index < -0.39 is 10.0 Å². The van der Waals surface area contributed by atoms with Crippen molar-refractivity contribution < 1.29 is 13.2 Å². The van der Waals surface area contributed by atoms with Gasteiger partial charge in [0.2, 0.25) is 0 Å². The number of piperidine rings is 1. The molecule has 0 saturated carbocycles. The minimum absolute atomic E-state index is 0.416. The predicted octanol–water partition coefficient (Wildman–Crippen LogP) is 2.01. The molecule has 0 bridgehead atoms. The smallest absolute Gasteiger partial charge is 0.252 e. The van der Waals surface area contributed by atoms with E-state index in [-0.39, 0.29) is 0 Å². The van der Waals surface area contributed by atoms with E-state index in [0.717, 1.165) is 30.7 Å². The van der Waals surface area contributed by atoms with Crippen LogP contribution in [0.1, 0.15) is 38.0 Å². The Morgan fingerprint density at radius 3 is 2.69 bits per heavy atom. The van der Waals surface area contributed by atoms with Crippen molar-refractivity contribution in [2.75, 3.05) is 39.4 Å². The Balaban J connectivity index is 1.96. The van der Waals surface area contributed by atoms with Crippen LogP contribution in [0.2, 0.25) is 0 Å². The van der Waals surface area contributed by atoms with E-state index in [9.17, 15) is 8.42 Å². The van der Waals surface area contributed by atoms with E-state index in [2.05, 4.69) is 15.6 Å². The molecule has 26 heavy (non-hydrogen) atoms. The number of sulfonamides is 1. The van der Waals surface area contributed by atoms with Crippen molar-refractivity contribution in [1.29, 1.82) is 0 Å². The van der Waals surface area contributed by atoms with Crippen molar-refractivity contribution in [2.24, 2.45) is 4.99 Å². The molecule has 2 N–H and O–H groups in total. The molecule has 0 atom stereocenters. The second-order valence-corrected chi connectivity index (χ2v) is 9.34. The number of rotatable bonds is 9. The lowest BCUT2D eigenvalue weighted by Gasteiger charge is -2.25. The second-order valence-electron chi connectivity index (χ2n) is 6.00. The van der Waals surface area contributed by atoms with Gasteiger partial charge in [0.15, 0.2) is 5.96 Å². The quantitative estimate of drug-likeness (QED) is 0.375. The molecule has 148 valence electrons. The van der Waals surface area contributed by atoms with Crippen molar-refractivity contribution in [3.63, 3.8) is 0 Å². The van der Waals surface area contributed by atoms with Crippen molar-refractivity contribution in [3.8, 4) is 0 Å². The summed E-state index contributed by atoms with van der Waals surface area (Å²) in [4.78, 5) is 5.46. The van der Waals surface area contributed by atoms with Gasteiger partial charge in [0, 0.05) is 37.7 Å². The first-order valence-electron chi connectivity index (χ1n) is 9.26. The lowest BCUT2D eigenvalue weighted by molar-refractivity contribution is 0.152. The lowest BCUT2D eigenvalue weighted by atomic mass is 10.2. The molecule has 0 unspecified atom stereocenters. The van der Waals surface area contributed by atoms with Crippen molar-refractivity contribution >= 4 is 27.3 Å². The first kappa shape index (κ1) is 21.1. The summed E-state index contributed by atoms with van der Waals surface area (Å²) in [7, 11) is -3.35. The molecule has 2 rings (SSSR count). The first-order valence-corrected chi connectivity index (χ1v) is 11.5. The Labute approximate surface area is 160 Å². The average molecular weight is 403 g/mol. The summed E-state index contributed by atoms with van der Waals surface area (Å²) in [6.07, 6.45) is 3.00. The first-order chi connectivity index (χ1) is 12.6. The molecule has 0 spiro atoms. The number of nitrogens with one attached hydrogen (secondary N) is 2. The van der Waals surface area contributed by atoms with Gasteiger partial charge in [-0.2, -0.15) is 4.31 Å². The number of aliphatic imine (C=N–C) groups is 1. The molecule has 1 aliphatic heterocycles. The molecule has 0 aliphatic carbocycles. The molecule has 2 heterocycles. The summed E-state index contributed by atoms with van der Waals surface area (Å²) in [5.41, 5.74) is 0. The van der Waals surface area contributed by atoms with Crippen molar-refractivity contribution in [2.45, 2.75) is 43.9 Å². The largest absolute Gasteiger partial charge is 0.380 e. The summed E-state index contributed by atoms with van der Waals surface area (Å²) in [5, 5.41) is 6.39. The van der Waals surface area contributed by atoms with Crippen LogP contribution in [0.4, 0.5) is 0 Å². The van der Waals surface area contributed by atoms with E-state index >= 15 is 0 Å². The fourth-order valence-electron chi connectivity index (χ4n) is 2.70. The Kier molecular flexibility index (Phi) is 8.83. The van der Waals surface area contributed by atoms with Crippen molar-refractivity contribution in [1.82, 2.24) is 14.9 Å². The Hall–Kier alpha value is -1.16. The zero-order valence-corrected chi connectivity index (χ0v) is 17.3. The summed E-state index contributed by atoms with van der Waals surface area (Å²) >= 11 is 1.31. The van der Waals surface area contributed by atoms with Crippen LogP contribution in [0, 0.1) is 0 Å². The van der Waals surface area contributed by atoms with Gasteiger partial charge < -0.3 is 15.4 Å². The van der Waals surface area contributed by atoms with E-state index in [0.29, 0.717) is 49.6 Å². The highest BCUT2D eigenvalue weighted by atomic mass is 32.2. The maximum Gasteiger partial charge on any atom is 0.252 e. The molecule has 1 aliphatic rings. The van der Waals surface area contributed by atoms with E-state index in [1.807, 2.05) is 19.9 Å². The van der Waals surface area contributed by atoms with Gasteiger partial charge in [0.05, 0.1) is 13.2 Å². The van der Waals surface area contributed by atoms with Gasteiger partial charge in [0.25, 0.3) is 10.0 Å². The molecule has 1 aromatic rings. The van der Waals surface area contributed by atoms with Crippen LogP contribution in [0.3, 0.4) is 0 Å². The van der Waals surface area contributed by atoms with Gasteiger partial charge in [-0.1, -0.05) is 6.42 Å². The van der Waals surface area contributed by atoms with Crippen LogP contribution in [-0.4, -0.2) is 58.1 Å². The number of nitrogens with zero attached hydrogens (tertiary/aromatic N) is 2. The van der Waals surface area contributed by atoms with Gasteiger partial charge in [-0.25, -0.2) is 13.4 Å². The highest BCUT2D eigenvalue weighted by Crippen LogP contribution is 2.27. The van der Waals surface area contributed by atoms with Crippen LogP contribution in [0.15, 0.2) is 21.3 Å². The fraction of sp³-hybridized carbons (Fsp3) is 0.706. The highest BCUT2D eigenvalue weighted by molar-refractivity contribution is 7.91. The number of ether oxygens (including phenoxy) is 1. The normalized spacial score (nSPS) is 16.6. The van der Waals surface area contributed by atoms with E-state index in [4.69, 9.17) is 4.74 Å². The summed E-state index contributed by atoms with van der Waals surface area (Å²) in [6.45, 7) is 8.43. The SMILES string of the molecule is CCNC(=NCc1ccc(S(=O)(=O)N2CCCCC2)s1)NCCOCC. The minimum atomic E-state index is -3.35. The third-order valence-electron chi connectivity index (χ3n) is 4.03. The van der Waals surface area contributed by atoms with E-state index in [1.165, 1.54) is 11.3 Å². The van der Waals surface area contributed by atoms with Crippen LogP contribution in [0.25, 0.3) is 0 Å². The number of thiophene rings is 1. The molecule has 9 heteroatoms. The van der Waals surface area contributed by atoms with Gasteiger partial charge in [0.1, 0.15) is 4.21 Å². The molecule has 1 saturated heterocycles. The fourth-order valence-corrected chi connectivity index (χ4v) is 5.65. The second kappa shape index (κ2) is 10.9. The molecular weight excluding hydrogens is 372 g/mol. The summed E-state index contributed by atoms with van der Waals surface area (Å²) < 4.78 is 32.7. The molecule has 0 amide bonds. The number of hydrogen-bond donors (Lipinski definition) is 2. The van der Waals surface area contributed by atoms with Gasteiger partial charge in [-0.05, 0) is 38.8 Å². The zero-order chi connectivity index (χ0) is 18.8. The predicted molar refractivity (Wildman–Crippen MR) is 106 cm³/mol. The average Bonchev–Trinajstić information content (AvgIpc) is 3.14. The topological polar surface area (TPSA) is 83.0 Å². The minimum Gasteiger partial charge on any atom is -0.380 e. The number of guanidine groups is 1. The molecular formula is C17H30N4O3S2. The van der Waals surface area contributed by atoms with Gasteiger partial charge in [-0.3, -0.25) is 0 Å².